The summed E-state index contributed by atoms with van der Waals surface area (Å²) in [6.07, 6.45) is 1.64. The smallest absolute Gasteiger partial charge is 0.262 e. The molecule has 1 aromatic heterocycles. The van der Waals surface area contributed by atoms with E-state index in [2.05, 4.69) is 10.3 Å². The van der Waals surface area contributed by atoms with Crippen LogP contribution in [0, 0.1) is 6.92 Å². The molecule has 3 aromatic rings. The number of carbonyl (C=O) groups is 1. The second-order valence-electron chi connectivity index (χ2n) is 5.44. The van der Waals surface area contributed by atoms with Crippen LogP contribution in [0.25, 0.3) is 10.9 Å². The summed E-state index contributed by atoms with van der Waals surface area (Å²) in [4.78, 5) is 16.5. The normalized spacial score (nSPS) is 10.5. The number of aromatic nitrogens is 1. The number of aryl methyl sites for hydroxylation is 1. The fourth-order valence-electron chi connectivity index (χ4n) is 2.45. The van der Waals surface area contributed by atoms with Crippen molar-refractivity contribution in [2.75, 3.05) is 19.0 Å². The highest BCUT2D eigenvalue weighted by Gasteiger charge is 2.10. The van der Waals surface area contributed by atoms with Gasteiger partial charge in [0.15, 0.2) is 6.61 Å². The van der Waals surface area contributed by atoms with Crippen molar-refractivity contribution in [3.05, 3.63) is 59.2 Å². The molecule has 0 aliphatic carbocycles. The Morgan fingerprint density at radius 2 is 1.84 bits per heavy atom. The van der Waals surface area contributed by atoms with Gasteiger partial charge in [-0.1, -0.05) is 11.6 Å². The number of amides is 1. The van der Waals surface area contributed by atoms with E-state index < -0.39 is 0 Å². The molecule has 6 heteroatoms. The molecule has 0 bridgehead atoms. The number of halogens is 1. The van der Waals surface area contributed by atoms with Gasteiger partial charge >= 0.3 is 0 Å². The fraction of sp³-hybridized carbons (Fsp3) is 0.158. The Labute approximate surface area is 150 Å². The summed E-state index contributed by atoms with van der Waals surface area (Å²) in [6, 6.07) is 12.4. The van der Waals surface area contributed by atoms with Crippen LogP contribution in [-0.2, 0) is 4.79 Å². The lowest BCUT2D eigenvalue weighted by Crippen LogP contribution is -2.20. The molecule has 0 radical (unpaired) electrons. The van der Waals surface area contributed by atoms with Crippen LogP contribution in [0.15, 0.2) is 48.7 Å². The summed E-state index contributed by atoms with van der Waals surface area (Å²) in [6.45, 7) is 1.80. The Morgan fingerprint density at radius 3 is 2.56 bits per heavy atom. The zero-order valence-corrected chi connectivity index (χ0v) is 14.6. The maximum Gasteiger partial charge on any atom is 0.262 e. The number of hydrogen-bond donors (Lipinski definition) is 1. The molecule has 3 rings (SSSR count). The van der Waals surface area contributed by atoms with Crippen LogP contribution in [0.4, 0.5) is 5.69 Å². The minimum Gasteiger partial charge on any atom is -0.497 e. The van der Waals surface area contributed by atoms with Gasteiger partial charge in [-0.3, -0.25) is 9.78 Å². The van der Waals surface area contributed by atoms with E-state index in [1.807, 2.05) is 13.0 Å². The topological polar surface area (TPSA) is 60.5 Å². The second-order valence-corrected chi connectivity index (χ2v) is 5.85. The number of rotatable bonds is 5. The van der Waals surface area contributed by atoms with Gasteiger partial charge in [-0.2, -0.15) is 0 Å². The predicted molar refractivity (Wildman–Crippen MR) is 98.6 cm³/mol. The molecule has 0 spiro atoms. The first-order valence-electron chi connectivity index (χ1n) is 7.69. The van der Waals surface area contributed by atoms with Crippen molar-refractivity contribution in [1.29, 1.82) is 0 Å². The second kappa shape index (κ2) is 7.40. The zero-order valence-electron chi connectivity index (χ0n) is 13.9. The average molecular weight is 357 g/mol. The third-order valence-corrected chi connectivity index (χ3v) is 4.21. The van der Waals surface area contributed by atoms with Crippen molar-refractivity contribution in [1.82, 2.24) is 4.98 Å². The van der Waals surface area contributed by atoms with Gasteiger partial charge < -0.3 is 14.8 Å². The van der Waals surface area contributed by atoms with Gasteiger partial charge in [0, 0.05) is 16.6 Å². The van der Waals surface area contributed by atoms with E-state index in [0.29, 0.717) is 16.5 Å². The standard InChI is InChI=1S/C19H17ClN2O3/c1-12-16(20)8-7-15-17(9-10-21-19(12)15)22-18(23)11-25-14-5-3-13(24-2)4-6-14/h3-10H,11H2,1-2H3,(H,21,22,23). The Kier molecular flexibility index (Phi) is 5.05. The molecule has 0 aliphatic heterocycles. The van der Waals surface area contributed by atoms with Crippen LogP contribution in [0.2, 0.25) is 5.02 Å². The Morgan fingerprint density at radius 1 is 1.12 bits per heavy atom. The van der Waals surface area contributed by atoms with E-state index >= 15 is 0 Å². The number of hydrogen-bond acceptors (Lipinski definition) is 4. The lowest BCUT2D eigenvalue weighted by molar-refractivity contribution is -0.118. The highest BCUT2D eigenvalue weighted by Crippen LogP contribution is 2.28. The summed E-state index contributed by atoms with van der Waals surface area (Å²) in [7, 11) is 1.59. The minimum absolute atomic E-state index is 0.0945. The molecular formula is C19H17ClN2O3. The van der Waals surface area contributed by atoms with E-state index in [9.17, 15) is 4.79 Å². The first-order valence-corrected chi connectivity index (χ1v) is 8.07. The summed E-state index contributed by atoms with van der Waals surface area (Å²) < 4.78 is 10.6. The number of benzene rings is 2. The Bertz CT molecular complexity index is 910. The van der Waals surface area contributed by atoms with E-state index in [0.717, 1.165) is 22.2 Å². The molecule has 5 nitrogen and oxygen atoms in total. The molecule has 1 N–H and O–H groups in total. The number of methoxy groups -OCH3 is 1. The number of ether oxygens (including phenoxy) is 2. The highest BCUT2D eigenvalue weighted by atomic mass is 35.5. The fourth-order valence-corrected chi connectivity index (χ4v) is 2.60. The molecule has 128 valence electrons. The third kappa shape index (κ3) is 3.83. The maximum absolute atomic E-state index is 12.2. The predicted octanol–water partition coefficient (Wildman–Crippen LogP) is 4.22. The number of anilines is 1. The lowest BCUT2D eigenvalue weighted by atomic mass is 10.1. The Hall–Kier alpha value is -2.79. The van der Waals surface area contributed by atoms with Gasteiger partial charge in [-0.25, -0.2) is 0 Å². The van der Waals surface area contributed by atoms with E-state index in [1.165, 1.54) is 0 Å². The molecule has 1 amide bonds. The molecule has 25 heavy (non-hydrogen) atoms. The molecule has 0 atom stereocenters. The molecule has 0 unspecified atom stereocenters. The van der Waals surface area contributed by atoms with Gasteiger partial charge in [0.25, 0.3) is 5.91 Å². The van der Waals surface area contributed by atoms with E-state index in [-0.39, 0.29) is 12.5 Å². The lowest BCUT2D eigenvalue weighted by Gasteiger charge is -2.11. The molecule has 0 saturated carbocycles. The van der Waals surface area contributed by atoms with Gasteiger partial charge in [0.05, 0.1) is 18.3 Å². The van der Waals surface area contributed by atoms with Gasteiger partial charge in [0.2, 0.25) is 0 Å². The van der Waals surface area contributed by atoms with Gasteiger partial charge in [-0.05, 0) is 55.0 Å². The van der Waals surface area contributed by atoms with Crippen LogP contribution in [-0.4, -0.2) is 24.6 Å². The summed E-state index contributed by atoms with van der Waals surface area (Å²) in [5.41, 5.74) is 2.32. The van der Waals surface area contributed by atoms with Crippen molar-refractivity contribution in [2.45, 2.75) is 6.92 Å². The molecule has 2 aromatic carbocycles. The summed E-state index contributed by atoms with van der Waals surface area (Å²) in [5.74, 6) is 1.07. The molecule has 0 aliphatic rings. The van der Waals surface area contributed by atoms with Gasteiger partial charge in [0.1, 0.15) is 11.5 Å². The van der Waals surface area contributed by atoms with Crippen molar-refractivity contribution in [3.63, 3.8) is 0 Å². The SMILES string of the molecule is COc1ccc(OCC(=O)Nc2ccnc3c(C)c(Cl)ccc23)cc1. The highest BCUT2D eigenvalue weighted by molar-refractivity contribution is 6.32. The quantitative estimate of drug-likeness (QED) is 0.743. The number of nitrogens with zero attached hydrogens (tertiary/aromatic N) is 1. The third-order valence-electron chi connectivity index (χ3n) is 3.80. The zero-order chi connectivity index (χ0) is 17.8. The van der Waals surface area contributed by atoms with E-state index in [1.54, 1.807) is 49.7 Å². The molecule has 1 heterocycles. The minimum atomic E-state index is -0.254. The maximum atomic E-state index is 12.2. The molecular weight excluding hydrogens is 340 g/mol. The van der Waals surface area contributed by atoms with Gasteiger partial charge in [-0.15, -0.1) is 0 Å². The average Bonchev–Trinajstić information content (AvgIpc) is 2.64. The number of carbonyl (C=O) groups excluding carboxylic acids is 1. The summed E-state index contributed by atoms with van der Waals surface area (Å²) in [5, 5.41) is 4.33. The Balaban J connectivity index is 1.70. The molecule has 0 fully saturated rings. The number of pyridine rings is 1. The van der Waals surface area contributed by atoms with Crippen molar-refractivity contribution < 1.29 is 14.3 Å². The number of nitrogens with one attached hydrogen (secondary N) is 1. The monoisotopic (exact) mass is 356 g/mol. The first-order chi connectivity index (χ1) is 12.1. The van der Waals surface area contributed by atoms with Crippen LogP contribution >= 0.6 is 11.6 Å². The first kappa shape index (κ1) is 17.0. The van der Waals surface area contributed by atoms with Crippen molar-refractivity contribution in [2.24, 2.45) is 0 Å². The van der Waals surface area contributed by atoms with Crippen LogP contribution < -0.4 is 14.8 Å². The molecule has 0 saturated heterocycles. The van der Waals surface area contributed by atoms with Crippen LogP contribution in [0.5, 0.6) is 11.5 Å². The largest absolute Gasteiger partial charge is 0.497 e. The van der Waals surface area contributed by atoms with Crippen molar-refractivity contribution in [3.8, 4) is 11.5 Å². The summed E-state index contributed by atoms with van der Waals surface area (Å²) >= 11 is 6.13. The number of fused-ring (bicyclic) bond motifs is 1. The van der Waals surface area contributed by atoms with Crippen LogP contribution in [0.3, 0.4) is 0 Å². The van der Waals surface area contributed by atoms with Crippen LogP contribution in [0.1, 0.15) is 5.56 Å². The van der Waals surface area contributed by atoms with Crippen molar-refractivity contribution >= 4 is 34.1 Å². The van der Waals surface area contributed by atoms with E-state index in [4.69, 9.17) is 21.1 Å².